The number of hydrogen-bond acceptors (Lipinski definition) is 4. The highest BCUT2D eigenvalue weighted by molar-refractivity contribution is 6.72. The van der Waals surface area contributed by atoms with E-state index in [-0.39, 0.29) is 12.1 Å². The van der Waals surface area contributed by atoms with E-state index in [1.54, 1.807) is 19.6 Å². The van der Waals surface area contributed by atoms with Crippen LogP contribution in [-0.2, 0) is 20.7 Å². The third-order valence-electron chi connectivity index (χ3n) is 3.59. The van der Waals surface area contributed by atoms with Crippen molar-refractivity contribution in [3.63, 3.8) is 0 Å². The number of halogens is 5. The van der Waals surface area contributed by atoms with E-state index in [0.29, 0.717) is 6.42 Å². The minimum Gasteiger partial charge on any atom is -0.515 e. The lowest BCUT2D eigenvalue weighted by atomic mass is 10.1. The van der Waals surface area contributed by atoms with Gasteiger partial charge in [0.25, 0.3) is 0 Å². The fourth-order valence-electron chi connectivity index (χ4n) is 2.19. The third-order valence-corrected chi connectivity index (χ3v) is 4.38. The molecular weight excluding hydrogens is 401 g/mol. The Kier molecular flexibility index (Phi) is 9.06. The van der Waals surface area contributed by atoms with Gasteiger partial charge in [-0.3, -0.25) is 0 Å². The molecule has 0 atom stereocenters. The van der Waals surface area contributed by atoms with Crippen LogP contribution in [0.3, 0.4) is 0 Å². The summed E-state index contributed by atoms with van der Waals surface area (Å²) < 4.78 is 72.2. The maximum Gasteiger partial charge on any atom is 0.342 e. The van der Waals surface area contributed by atoms with Crippen LogP contribution in [0.15, 0.2) is 5.16 Å². The monoisotopic (exact) mass is 425 g/mol. The van der Waals surface area contributed by atoms with Crippen molar-refractivity contribution in [1.29, 1.82) is 0 Å². The zero-order chi connectivity index (χ0) is 21.5. The van der Waals surface area contributed by atoms with Crippen molar-refractivity contribution in [2.45, 2.75) is 65.3 Å². The van der Waals surface area contributed by atoms with Crippen LogP contribution in [0.2, 0.25) is 19.6 Å². The second-order valence-corrected chi connectivity index (χ2v) is 11.6. The van der Waals surface area contributed by atoms with Crippen LogP contribution in [0.5, 0.6) is 0 Å². The normalized spacial score (nSPS) is 12.2. The van der Waals surface area contributed by atoms with E-state index in [2.05, 4.69) is 5.16 Å². The van der Waals surface area contributed by atoms with E-state index < -0.39 is 55.5 Å². The molecule has 0 spiro atoms. The Morgan fingerprint density at radius 1 is 0.893 bits per heavy atom. The maximum absolute atomic E-state index is 13.7. The Hall–Kier alpha value is -1.97. The van der Waals surface area contributed by atoms with E-state index in [1.807, 2.05) is 6.92 Å². The standard InChI is InChI=1S/C18H24F5NO3Si/c1-5-6-7-8-9-12(18(25)27-28(2,3)4)24-26-10-11-13(19)15(21)17(23)16(22)14(11)20/h5-10H2,1-4H3. The van der Waals surface area contributed by atoms with Crippen LogP contribution in [0, 0.1) is 29.1 Å². The summed E-state index contributed by atoms with van der Waals surface area (Å²) in [7, 11) is -2.23. The summed E-state index contributed by atoms with van der Waals surface area (Å²) in [5, 5.41) is 3.56. The van der Waals surface area contributed by atoms with Crippen molar-refractivity contribution < 1.29 is 36.0 Å². The SMILES string of the molecule is CCCCCCC(=NOCc1c(F)c(F)c(F)c(F)c1F)C(=O)O[Si](C)(C)C. The van der Waals surface area contributed by atoms with Gasteiger partial charge in [-0.2, -0.15) is 0 Å². The van der Waals surface area contributed by atoms with Crippen LogP contribution in [0.25, 0.3) is 0 Å². The number of nitrogens with zero attached hydrogens (tertiary/aromatic N) is 1. The molecule has 0 aliphatic carbocycles. The molecule has 0 saturated heterocycles. The number of hydrogen-bond donors (Lipinski definition) is 0. The first-order valence-electron chi connectivity index (χ1n) is 8.92. The first kappa shape index (κ1) is 24.1. The van der Waals surface area contributed by atoms with Gasteiger partial charge in [0, 0.05) is 6.42 Å². The first-order valence-corrected chi connectivity index (χ1v) is 12.3. The Morgan fingerprint density at radius 2 is 1.43 bits per heavy atom. The van der Waals surface area contributed by atoms with E-state index in [1.165, 1.54) is 0 Å². The molecule has 0 heterocycles. The lowest BCUT2D eigenvalue weighted by Crippen LogP contribution is -2.33. The Balaban J connectivity index is 2.96. The van der Waals surface area contributed by atoms with Crippen LogP contribution in [0.1, 0.15) is 44.6 Å². The summed E-state index contributed by atoms with van der Waals surface area (Å²) in [5.74, 6) is -11.1. The molecule has 0 N–H and O–H groups in total. The van der Waals surface area contributed by atoms with Crippen molar-refractivity contribution in [2.75, 3.05) is 0 Å². The van der Waals surface area contributed by atoms with Gasteiger partial charge >= 0.3 is 5.97 Å². The summed E-state index contributed by atoms with van der Waals surface area (Å²) in [4.78, 5) is 17.0. The summed E-state index contributed by atoms with van der Waals surface area (Å²) in [5.41, 5.74) is -1.26. The van der Waals surface area contributed by atoms with Gasteiger partial charge in [0.2, 0.25) is 14.1 Å². The molecule has 158 valence electrons. The molecule has 10 heteroatoms. The Labute approximate surface area is 161 Å². The predicted octanol–water partition coefficient (Wildman–Crippen LogP) is 5.60. The molecule has 0 bridgehead atoms. The molecule has 1 aromatic rings. The van der Waals surface area contributed by atoms with Gasteiger partial charge in [-0.15, -0.1) is 0 Å². The third kappa shape index (κ3) is 6.88. The van der Waals surface area contributed by atoms with Crippen LogP contribution in [0.4, 0.5) is 22.0 Å². The highest BCUT2D eigenvalue weighted by atomic mass is 28.4. The van der Waals surface area contributed by atoms with Gasteiger partial charge in [0.1, 0.15) is 6.61 Å². The molecule has 28 heavy (non-hydrogen) atoms. The Morgan fingerprint density at radius 3 is 1.93 bits per heavy atom. The van der Waals surface area contributed by atoms with Gasteiger partial charge in [-0.1, -0.05) is 31.3 Å². The zero-order valence-corrected chi connectivity index (χ0v) is 17.3. The molecular formula is C18H24F5NO3Si. The van der Waals surface area contributed by atoms with Crippen molar-refractivity contribution in [1.82, 2.24) is 0 Å². The smallest absolute Gasteiger partial charge is 0.342 e. The second-order valence-electron chi connectivity index (χ2n) is 7.17. The number of rotatable bonds is 10. The van der Waals surface area contributed by atoms with E-state index in [4.69, 9.17) is 9.26 Å². The topological polar surface area (TPSA) is 47.9 Å². The van der Waals surface area contributed by atoms with Gasteiger partial charge in [0.05, 0.1) is 5.56 Å². The van der Waals surface area contributed by atoms with Crippen LogP contribution in [-0.4, -0.2) is 20.0 Å². The minimum absolute atomic E-state index is 0.0950. The molecule has 0 amide bonds. The molecule has 0 saturated carbocycles. The first-order chi connectivity index (χ1) is 13.0. The molecule has 4 nitrogen and oxygen atoms in total. The lowest BCUT2D eigenvalue weighted by molar-refractivity contribution is -0.128. The summed E-state index contributed by atoms with van der Waals surface area (Å²) in [6.07, 6.45) is 3.57. The van der Waals surface area contributed by atoms with Crippen molar-refractivity contribution in [3.8, 4) is 0 Å². The summed E-state index contributed by atoms with van der Waals surface area (Å²) in [6.45, 7) is 6.35. The zero-order valence-electron chi connectivity index (χ0n) is 16.3. The number of carbonyl (C=O) groups excluding carboxylic acids is 1. The molecule has 0 radical (unpaired) electrons. The highest BCUT2D eigenvalue weighted by Crippen LogP contribution is 2.23. The number of oxime groups is 1. The average Bonchev–Trinajstić information content (AvgIpc) is 2.61. The van der Waals surface area contributed by atoms with Crippen molar-refractivity contribution in [2.24, 2.45) is 5.16 Å². The number of unbranched alkanes of at least 4 members (excludes halogenated alkanes) is 3. The molecule has 1 rings (SSSR count). The van der Waals surface area contributed by atoms with Crippen LogP contribution >= 0.6 is 0 Å². The average molecular weight is 425 g/mol. The fourth-order valence-corrected chi connectivity index (χ4v) is 2.87. The van der Waals surface area contributed by atoms with Crippen LogP contribution < -0.4 is 0 Å². The molecule has 0 aromatic heterocycles. The largest absolute Gasteiger partial charge is 0.515 e. The highest BCUT2D eigenvalue weighted by Gasteiger charge is 2.27. The van der Waals surface area contributed by atoms with Gasteiger partial charge in [-0.25, -0.2) is 26.7 Å². The van der Waals surface area contributed by atoms with Crippen molar-refractivity contribution >= 4 is 20.0 Å². The predicted molar refractivity (Wildman–Crippen MR) is 96.7 cm³/mol. The maximum atomic E-state index is 13.7. The van der Waals surface area contributed by atoms with Gasteiger partial charge in [0.15, 0.2) is 29.0 Å². The van der Waals surface area contributed by atoms with Gasteiger partial charge < -0.3 is 9.26 Å². The number of benzene rings is 1. The number of carbonyl (C=O) groups is 1. The van der Waals surface area contributed by atoms with E-state index >= 15 is 0 Å². The minimum atomic E-state index is -2.25. The fraction of sp³-hybridized carbons (Fsp3) is 0.556. The molecule has 0 unspecified atom stereocenters. The van der Waals surface area contributed by atoms with Crippen molar-refractivity contribution in [3.05, 3.63) is 34.6 Å². The Bertz CT molecular complexity index is 706. The molecule has 0 fully saturated rings. The lowest BCUT2D eigenvalue weighted by Gasteiger charge is -2.18. The van der Waals surface area contributed by atoms with E-state index in [9.17, 15) is 26.7 Å². The van der Waals surface area contributed by atoms with Gasteiger partial charge in [-0.05, 0) is 26.1 Å². The molecule has 0 aliphatic rings. The molecule has 0 aliphatic heterocycles. The molecule has 1 aromatic carbocycles. The summed E-state index contributed by atoms with van der Waals surface area (Å²) in [6, 6.07) is 0. The summed E-state index contributed by atoms with van der Waals surface area (Å²) >= 11 is 0. The second kappa shape index (κ2) is 10.5. The van der Waals surface area contributed by atoms with E-state index in [0.717, 1.165) is 19.3 Å². The quantitative estimate of drug-likeness (QED) is 0.0932.